The van der Waals surface area contributed by atoms with E-state index < -0.39 is 0 Å². The second kappa shape index (κ2) is 13.0. The summed E-state index contributed by atoms with van der Waals surface area (Å²) in [4.78, 5) is 14.0. The van der Waals surface area contributed by atoms with Gasteiger partial charge in [0.25, 0.3) is 0 Å². The Morgan fingerprint density at radius 2 is 1.79 bits per heavy atom. The summed E-state index contributed by atoms with van der Waals surface area (Å²) in [6, 6.07) is 31.6. The van der Waals surface area contributed by atoms with E-state index in [0.717, 1.165) is 62.7 Å². The fourth-order valence-electron chi connectivity index (χ4n) is 6.99. The molecule has 0 unspecified atom stereocenters. The molecule has 1 radical (unpaired) electrons. The first-order chi connectivity index (χ1) is 22.5. The molecule has 7 aromatic rings. The maximum atomic E-state index is 6.04. The van der Waals surface area contributed by atoms with Crippen molar-refractivity contribution in [1.29, 1.82) is 0 Å². The Morgan fingerprint density at radius 1 is 0.915 bits per heavy atom. The van der Waals surface area contributed by atoms with Crippen LogP contribution in [0.3, 0.4) is 0 Å². The van der Waals surface area contributed by atoms with Crippen molar-refractivity contribution in [3.63, 3.8) is 0 Å². The molecule has 1 aliphatic carbocycles. The Morgan fingerprint density at radius 3 is 2.60 bits per heavy atom. The smallest absolute Gasteiger partial charge is 0.216 e. The van der Waals surface area contributed by atoms with E-state index in [4.69, 9.17) is 9.40 Å². The molecule has 0 spiro atoms. The van der Waals surface area contributed by atoms with Crippen LogP contribution in [0, 0.1) is 19.1 Å². The van der Waals surface area contributed by atoms with Gasteiger partial charge in [0.05, 0.1) is 22.4 Å². The van der Waals surface area contributed by atoms with Gasteiger partial charge in [0.2, 0.25) is 5.71 Å². The van der Waals surface area contributed by atoms with Crippen molar-refractivity contribution in [2.24, 2.45) is 0 Å². The Kier molecular flexibility index (Phi) is 8.65. The molecule has 0 amide bonds. The summed E-state index contributed by atoms with van der Waals surface area (Å²) in [6.45, 7) is 7.21. The number of aryl methyl sites for hydroxylation is 1. The predicted molar refractivity (Wildman–Crippen MR) is 187 cm³/mol. The number of hydrogen-bond acceptors (Lipinski definition) is 4. The molecule has 0 N–H and O–H groups in total. The van der Waals surface area contributed by atoms with Crippen LogP contribution in [0.5, 0.6) is 0 Å². The first-order valence-corrected chi connectivity index (χ1v) is 16.4. The van der Waals surface area contributed by atoms with Gasteiger partial charge in [-0.3, -0.25) is 4.98 Å². The third-order valence-corrected chi connectivity index (χ3v) is 9.40. The van der Waals surface area contributed by atoms with Crippen molar-refractivity contribution in [2.75, 3.05) is 0 Å². The Labute approximate surface area is 289 Å². The van der Waals surface area contributed by atoms with E-state index in [9.17, 15) is 0 Å². The number of fused-ring (bicyclic) bond motifs is 3. The van der Waals surface area contributed by atoms with Crippen LogP contribution in [0.1, 0.15) is 73.8 Å². The van der Waals surface area contributed by atoms with Gasteiger partial charge in [-0.25, -0.2) is 4.98 Å². The van der Waals surface area contributed by atoms with Crippen molar-refractivity contribution in [1.82, 2.24) is 19.5 Å². The van der Waals surface area contributed by atoms with Crippen molar-refractivity contribution >= 4 is 39.2 Å². The summed E-state index contributed by atoms with van der Waals surface area (Å²) in [6.07, 6.45) is 11.8. The number of pyridine rings is 2. The molecule has 237 valence electrons. The van der Waals surface area contributed by atoms with Crippen LogP contribution in [-0.4, -0.2) is 19.5 Å². The quantitative estimate of drug-likeness (QED) is 0.167. The zero-order chi connectivity index (χ0) is 31.2. The number of aromatic nitrogens is 4. The Balaban J connectivity index is 0.000000146. The summed E-state index contributed by atoms with van der Waals surface area (Å²) in [5.74, 6) is 2.22. The fourth-order valence-corrected chi connectivity index (χ4v) is 6.99. The van der Waals surface area contributed by atoms with Gasteiger partial charge in [0.15, 0.2) is 0 Å². The van der Waals surface area contributed by atoms with Gasteiger partial charge in [0.1, 0.15) is 0 Å². The van der Waals surface area contributed by atoms with Gasteiger partial charge in [-0.15, -0.1) is 54.1 Å². The molecular formula is C41H36IrN4O-2. The van der Waals surface area contributed by atoms with E-state index in [1.54, 1.807) is 0 Å². The zero-order valence-corrected chi connectivity index (χ0v) is 29.3. The third kappa shape index (κ3) is 5.86. The SMILES string of the molecule is Cc1ccc2c(n1)oc1c(-c3cc(C(C)C)ccn3)[c-]ccc12.[Ir].[c-]1ccccc1-c1nc2cc(C3CCCC3)cc3c2n1CC=C3. The molecule has 0 saturated heterocycles. The van der Waals surface area contributed by atoms with Crippen molar-refractivity contribution in [3.8, 4) is 22.6 Å². The molecule has 4 aromatic heterocycles. The van der Waals surface area contributed by atoms with Crippen molar-refractivity contribution in [2.45, 2.75) is 64.8 Å². The number of rotatable bonds is 4. The Bertz CT molecular complexity index is 2240. The molecule has 5 heterocycles. The first kappa shape index (κ1) is 31.2. The van der Waals surface area contributed by atoms with Crippen LogP contribution in [0.25, 0.3) is 61.8 Å². The van der Waals surface area contributed by atoms with Gasteiger partial charge in [0, 0.05) is 43.9 Å². The fraction of sp³-hybridized carbons (Fsp3) is 0.244. The van der Waals surface area contributed by atoms with E-state index in [0.29, 0.717) is 11.6 Å². The summed E-state index contributed by atoms with van der Waals surface area (Å²) in [7, 11) is 0. The molecular weight excluding hydrogens is 757 g/mol. The summed E-state index contributed by atoms with van der Waals surface area (Å²) >= 11 is 0. The van der Waals surface area contributed by atoms with Gasteiger partial charge in [-0.05, 0) is 78.8 Å². The number of benzene rings is 3. The molecule has 2 aliphatic rings. The molecule has 47 heavy (non-hydrogen) atoms. The van der Waals surface area contributed by atoms with Crippen LogP contribution in [-0.2, 0) is 26.7 Å². The second-order valence-electron chi connectivity index (χ2n) is 12.8. The zero-order valence-electron chi connectivity index (χ0n) is 26.9. The van der Waals surface area contributed by atoms with E-state index in [1.807, 2.05) is 43.5 Å². The average molecular weight is 793 g/mol. The molecule has 0 bridgehead atoms. The molecule has 0 atom stereocenters. The van der Waals surface area contributed by atoms with E-state index in [1.165, 1.54) is 47.9 Å². The molecule has 5 nitrogen and oxygen atoms in total. The normalized spacial score (nSPS) is 14.1. The van der Waals surface area contributed by atoms with Crippen LogP contribution in [0.4, 0.5) is 0 Å². The maximum Gasteiger partial charge on any atom is 0.216 e. The first-order valence-electron chi connectivity index (χ1n) is 16.4. The number of allylic oxidation sites excluding steroid dienone is 1. The van der Waals surface area contributed by atoms with Crippen molar-refractivity contribution < 1.29 is 24.5 Å². The summed E-state index contributed by atoms with van der Waals surface area (Å²) in [5, 5.41) is 2.08. The van der Waals surface area contributed by atoms with E-state index in [2.05, 4.69) is 95.1 Å². The molecule has 3 aromatic carbocycles. The monoisotopic (exact) mass is 793 g/mol. The van der Waals surface area contributed by atoms with Crippen LogP contribution in [0.2, 0.25) is 0 Å². The van der Waals surface area contributed by atoms with E-state index in [-0.39, 0.29) is 20.1 Å². The van der Waals surface area contributed by atoms with Gasteiger partial charge >= 0.3 is 0 Å². The molecule has 6 heteroatoms. The second-order valence-corrected chi connectivity index (χ2v) is 12.8. The molecule has 1 fully saturated rings. The maximum absolute atomic E-state index is 6.04. The average Bonchev–Trinajstić information content (AvgIpc) is 3.84. The topological polar surface area (TPSA) is 56.7 Å². The number of nitrogens with zero attached hydrogens (tertiary/aromatic N) is 4. The standard InChI is InChI=1S/C21H19N2.C20H17N2O.Ir/c1-2-9-16(10-3-1)21-22-19-14-18(15-7-4-5-8-15)13-17-11-6-12-23(21)20(17)19;1-12(2)14-9-10-21-18(11-14)17-6-4-5-15-16-8-7-13(3)22-20(16)23-19(15)17;/h1-3,6,9,11,13-15H,4-5,7-8,12H2;4-5,7-12H,1-3H3;/q2*-1;. The van der Waals surface area contributed by atoms with E-state index >= 15 is 0 Å². The summed E-state index contributed by atoms with van der Waals surface area (Å²) < 4.78 is 8.37. The van der Waals surface area contributed by atoms with Gasteiger partial charge in [-0.2, -0.15) is 0 Å². The number of hydrogen-bond donors (Lipinski definition) is 0. The molecule has 1 saturated carbocycles. The molecule has 9 rings (SSSR count). The number of imidazole rings is 1. The largest absolute Gasteiger partial charge is 0.486 e. The summed E-state index contributed by atoms with van der Waals surface area (Å²) in [5.41, 5.74) is 11.7. The minimum absolute atomic E-state index is 0. The van der Waals surface area contributed by atoms with Crippen LogP contribution in [0.15, 0.2) is 89.5 Å². The van der Waals surface area contributed by atoms with Gasteiger partial charge < -0.3 is 14.0 Å². The third-order valence-electron chi connectivity index (χ3n) is 9.40. The van der Waals surface area contributed by atoms with Gasteiger partial charge in [-0.1, -0.05) is 61.4 Å². The molecule has 1 aliphatic heterocycles. The minimum Gasteiger partial charge on any atom is -0.486 e. The minimum atomic E-state index is 0. The predicted octanol–water partition coefficient (Wildman–Crippen LogP) is 10.5. The van der Waals surface area contributed by atoms with Crippen LogP contribution < -0.4 is 0 Å². The Hall–Kier alpha value is -4.38. The van der Waals surface area contributed by atoms with Crippen LogP contribution >= 0.6 is 0 Å². The van der Waals surface area contributed by atoms with Crippen molar-refractivity contribution in [3.05, 3.63) is 120 Å². The number of furan rings is 1.